The Balaban J connectivity index is 2.30. The number of carboxylic acid groups (broad SMARTS) is 1. The van der Waals surface area contributed by atoms with Crippen molar-refractivity contribution in [3.8, 4) is 0 Å². The van der Waals surface area contributed by atoms with Crippen LogP contribution in [-0.4, -0.2) is 26.8 Å². The molecule has 2 rings (SSSR count). The molecule has 1 unspecified atom stereocenters. The number of nitrogens with zero attached hydrogens (tertiary/aromatic N) is 2. The molecular weight excluding hydrogens is 302 g/mol. The monoisotopic (exact) mass is 321 g/mol. The molecule has 2 aromatic heterocycles. The van der Waals surface area contributed by atoms with Crippen LogP contribution in [0.3, 0.4) is 0 Å². The van der Waals surface area contributed by atoms with Crippen molar-refractivity contribution in [2.45, 2.75) is 33.7 Å². The van der Waals surface area contributed by atoms with E-state index in [-0.39, 0.29) is 23.1 Å². The fraction of sp³-hybridized carbons (Fsp3) is 0.400. The Kier molecular flexibility index (Phi) is 4.37. The quantitative estimate of drug-likeness (QED) is 0.906. The van der Waals surface area contributed by atoms with E-state index in [1.165, 1.54) is 11.3 Å². The van der Waals surface area contributed by atoms with Crippen LogP contribution in [0, 0.1) is 20.8 Å². The van der Waals surface area contributed by atoms with Gasteiger partial charge in [0.1, 0.15) is 0 Å². The Bertz CT molecular complexity index is 746. The zero-order valence-corrected chi connectivity index (χ0v) is 14.0. The number of thiophene rings is 1. The Hall–Kier alpha value is -2.15. The van der Waals surface area contributed by atoms with Gasteiger partial charge in [0.2, 0.25) is 0 Å². The topological polar surface area (TPSA) is 84.2 Å². The van der Waals surface area contributed by atoms with E-state index in [0.717, 1.165) is 11.3 Å². The molecular formula is C15H19N3O3S. The van der Waals surface area contributed by atoms with E-state index in [1.807, 2.05) is 20.9 Å². The van der Waals surface area contributed by atoms with Gasteiger partial charge in [0.25, 0.3) is 5.91 Å². The third kappa shape index (κ3) is 2.76. The lowest BCUT2D eigenvalue weighted by molar-refractivity contribution is 0.0690. The second-order valence-electron chi connectivity index (χ2n) is 5.27. The number of amides is 1. The lowest BCUT2D eigenvalue weighted by Gasteiger charge is -2.14. The number of aromatic nitrogens is 2. The number of carboxylic acids is 1. The Morgan fingerprint density at radius 3 is 2.36 bits per heavy atom. The van der Waals surface area contributed by atoms with Gasteiger partial charge in [-0.15, -0.1) is 11.3 Å². The minimum Gasteiger partial charge on any atom is -0.478 e. The lowest BCUT2D eigenvalue weighted by Crippen LogP contribution is -2.28. The number of aromatic carboxylic acids is 1. The van der Waals surface area contributed by atoms with E-state index in [4.69, 9.17) is 0 Å². The van der Waals surface area contributed by atoms with Gasteiger partial charge in [-0.3, -0.25) is 9.48 Å². The van der Waals surface area contributed by atoms with Crippen molar-refractivity contribution in [1.82, 2.24) is 15.1 Å². The van der Waals surface area contributed by atoms with Crippen LogP contribution in [0.15, 0.2) is 6.20 Å². The molecule has 0 spiro atoms. The molecule has 0 aliphatic heterocycles. The number of carbonyl (C=O) groups excluding carboxylic acids is 1. The van der Waals surface area contributed by atoms with Gasteiger partial charge in [-0.05, 0) is 27.7 Å². The molecule has 6 nitrogen and oxygen atoms in total. The van der Waals surface area contributed by atoms with Gasteiger partial charge in [0.05, 0.1) is 23.4 Å². The van der Waals surface area contributed by atoms with Gasteiger partial charge in [0.15, 0.2) is 0 Å². The molecule has 2 aromatic rings. The predicted molar refractivity (Wildman–Crippen MR) is 84.6 cm³/mol. The summed E-state index contributed by atoms with van der Waals surface area (Å²) in [5.41, 5.74) is 2.22. The van der Waals surface area contributed by atoms with E-state index in [2.05, 4.69) is 10.4 Å². The van der Waals surface area contributed by atoms with Crippen LogP contribution < -0.4 is 5.32 Å². The largest absolute Gasteiger partial charge is 0.478 e. The van der Waals surface area contributed by atoms with Crippen LogP contribution in [-0.2, 0) is 7.05 Å². The normalized spacial score (nSPS) is 12.2. The molecule has 0 aliphatic rings. The number of hydrogen-bond acceptors (Lipinski definition) is 4. The molecule has 7 heteroatoms. The highest BCUT2D eigenvalue weighted by atomic mass is 32.1. The average Bonchev–Trinajstić information content (AvgIpc) is 2.90. The minimum atomic E-state index is -1.07. The van der Waals surface area contributed by atoms with Gasteiger partial charge in [-0.1, -0.05) is 0 Å². The van der Waals surface area contributed by atoms with Gasteiger partial charge < -0.3 is 10.4 Å². The first kappa shape index (κ1) is 16.2. The van der Waals surface area contributed by atoms with E-state index < -0.39 is 5.97 Å². The van der Waals surface area contributed by atoms with Crippen molar-refractivity contribution < 1.29 is 14.7 Å². The van der Waals surface area contributed by atoms with Crippen molar-refractivity contribution in [1.29, 1.82) is 0 Å². The van der Waals surface area contributed by atoms with Crippen LogP contribution >= 0.6 is 11.3 Å². The molecule has 1 atom stereocenters. The van der Waals surface area contributed by atoms with Crippen LogP contribution in [0.4, 0.5) is 0 Å². The van der Waals surface area contributed by atoms with Gasteiger partial charge in [-0.25, -0.2) is 4.79 Å². The Morgan fingerprint density at radius 2 is 1.86 bits per heavy atom. The van der Waals surface area contributed by atoms with Crippen LogP contribution in [0.2, 0.25) is 0 Å². The maximum absolute atomic E-state index is 12.5. The first-order valence-electron chi connectivity index (χ1n) is 6.86. The summed E-state index contributed by atoms with van der Waals surface area (Å²) in [5, 5.41) is 16.3. The van der Waals surface area contributed by atoms with Gasteiger partial charge in [-0.2, -0.15) is 5.10 Å². The maximum atomic E-state index is 12.5. The highest BCUT2D eigenvalue weighted by Crippen LogP contribution is 2.28. The summed E-state index contributed by atoms with van der Waals surface area (Å²) in [6, 6.07) is -0.248. The molecule has 1 amide bonds. The molecule has 0 aliphatic carbocycles. The first-order valence-corrected chi connectivity index (χ1v) is 7.68. The van der Waals surface area contributed by atoms with E-state index in [0.29, 0.717) is 9.75 Å². The van der Waals surface area contributed by atoms with E-state index in [9.17, 15) is 14.7 Å². The van der Waals surface area contributed by atoms with Gasteiger partial charge in [0, 0.05) is 28.1 Å². The number of rotatable bonds is 4. The van der Waals surface area contributed by atoms with Crippen molar-refractivity contribution in [3.05, 3.63) is 38.3 Å². The fourth-order valence-corrected chi connectivity index (χ4v) is 3.55. The molecule has 2 heterocycles. The van der Waals surface area contributed by atoms with Crippen LogP contribution in [0.5, 0.6) is 0 Å². The molecule has 0 bridgehead atoms. The van der Waals surface area contributed by atoms with Crippen LogP contribution in [0.25, 0.3) is 0 Å². The number of carbonyl (C=O) groups is 2. The molecule has 22 heavy (non-hydrogen) atoms. The lowest BCUT2D eigenvalue weighted by atomic mass is 10.1. The van der Waals surface area contributed by atoms with Crippen molar-refractivity contribution in [2.75, 3.05) is 0 Å². The minimum absolute atomic E-state index is 0.0927. The SMILES string of the molecule is Cc1sc(C)c(C(=O)NC(C)c2cnn(C)c2C)c1C(=O)O. The molecule has 2 N–H and O–H groups in total. The van der Waals surface area contributed by atoms with Crippen molar-refractivity contribution in [2.24, 2.45) is 7.05 Å². The first-order chi connectivity index (χ1) is 10.2. The Labute approximate surface area is 132 Å². The summed E-state index contributed by atoms with van der Waals surface area (Å²) in [5.74, 6) is -1.44. The summed E-state index contributed by atoms with van der Waals surface area (Å²) in [6.45, 7) is 7.26. The van der Waals surface area contributed by atoms with Crippen molar-refractivity contribution in [3.63, 3.8) is 0 Å². The van der Waals surface area contributed by atoms with Crippen LogP contribution in [0.1, 0.15) is 54.7 Å². The number of aryl methyl sites for hydroxylation is 3. The highest BCUT2D eigenvalue weighted by molar-refractivity contribution is 7.12. The fourth-order valence-electron chi connectivity index (χ4n) is 2.50. The third-order valence-corrected chi connectivity index (χ3v) is 4.81. The second kappa shape index (κ2) is 5.92. The molecule has 0 saturated carbocycles. The highest BCUT2D eigenvalue weighted by Gasteiger charge is 2.26. The predicted octanol–water partition coefficient (Wildman–Crippen LogP) is 2.60. The van der Waals surface area contributed by atoms with Gasteiger partial charge >= 0.3 is 5.97 Å². The number of hydrogen-bond donors (Lipinski definition) is 2. The number of nitrogens with one attached hydrogen (secondary N) is 1. The zero-order chi connectivity index (χ0) is 16.6. The second-order valence-corrected chi connectivity index (χ2v) is 6.70. The van der Waals surface area contributed by atoms with Crippen molar-refractivity contribution >= 4 is 23.2 Å². The third-order valence-electron chi connectivity index (χ3n) is 3.79. The summed E-state index contributed by atoms with van der Waals surface area (Å²) < 4.78 is 1.74. The van der Waals surface area contributed by atoms with E-state index in [1.54, 1.807) is 24.7 Å². The molecule has 0 radical (unpaired) electrons. The standard InChI is InChI=1S/C15H19N3O3S/c1-7(11-6-16-18(5)8(11)2)17-14(19)12-9(3)22-10(4)13(12)15(20)21/h6-7H,1-5H3,(H,17,19)(H,20,21). The molecule has 0 saturated heterocycles. The summed E-state index contributed by atoms with van der Waals surface area (Å²) in [6.07, 6.45) is 1.71. The average molecular weight is 321 g/mol. The zero-order valence-electron chi connectivity index (χ0n) is 13.2. The Morgan fingerprint density at radius 1 is 1.27 bits per heavy atom. The summed E-state index contributed by atoms with van der Waals surface area (Å²) in [7, 11) is 1.84. The smallest absolute Gasteiger partial charge is 0.337 e. The summed E-state index contributed by atoms with van der Waals surface area (Å²) >= 11 is 1.32. The molecule has 118 valence electrons. The summed E-state index contributed by atoms with van der Waals surface area (Å²) in [4.78, 5) is 25.2. The molecule has 0 aromatic carbocycles. The maximum Gasteiger partial charge on any atom is 0.337 e. The molecule has 0 fully saturated rings. The van der Waals surface area contributed by atoms with E-state index >= 15 is 0 Å².